The van der Waals surface area contributed by atoms with E-state index < -0.39 is 17.4 Å². The predicted molar refractivity (Wildman–Crippen MR) is 59.6 cm³/mol. The summed E-state index contributed by atoms with van der Waals surface area (Å²) in [5, 5.41) is 2.44. The number of amidine groups is 1. The molecule has 7 nitrogen and oxygen atoms in total. The highest BCUT2D eigenvalue weighted by Crippen LogP contribution is 2.17. The molecule has 0 saturated heterocycles. The first kappa shape index (κ1) is 11.9. The molecule has 0 aromatic rings. The first-order valence-corrected chi connectivity index (χ1v) is 4.55. The lowest BCUT2D eigenvalue weighted by Gasteiger charge is -2.31. The van der Waals surface area contributed by atoms with E-state index in [1.165, 1.54) is 13.0 Å². The summed E-state index contributed by atoms with van der Waals surface area (Å²) in [7, 11) is 0. The molecular formula is C9H13N5O2. The first-order valence-electron chi connectivity index (χ1n) is 4.55. The third-order valence-electron chi connectivity index (χ3n) is 2.09. The normalized spacial score (nSPS) is 24.4. The third kappa shape index (κ3) is 1.92. The molecule has 0 radical (unpaired) electrons. The molecule has 1 aliphatic rings. The monoisotopic (exact) mass is 223 g/mol. The van der Waals surface area contributed by atoms with Crippen LogP contribution in [-0.4, -0.2) is 29.1 Å². The van der Waals surface area contributed by atoms with E-state index >= 15 is 0 Å². The van der Waals surface area contributed by atoms with E-state index in [-0.39, 0.29) is 18.2 Å². The largest absolute Gasteiger partial charge is 0.385 e. The second-order valence-corrected chi connectivity index (χ2v) is 3.35. The lowest BCUT2D eigenvalue weighted by Crippen LogP contribution is -2.63. The zero-order valence-corrected chi connectivity index (χ0v) is 8.86. The van der Waals surface area contributed by atoms with Gasteiger partial charge in [-0.3, -0.25) is 9.59 Å². The minimum Gasteiger partial charge on any atom is -0.385 e. The highest BCUT2D eigenvalue weighted by molar-refractivity contribution is 6.21. The molecule has 1 unspecified atom stereocenters. The maximum atomic E-state index is 11.8. The summed E-state index contributed by atoms with van der Waals surface area (Å²) in [4.78, 5) is 30.0. The van der Waals surface area contributed by atoms with Crippen LogP contribution in [0.1, 0.15) is 13.3 Å². The minimum absolute atomic E-state index is 0.0832. The van der Waals surface area contributed by atoms with Crippen LogP contribution in [0.15, 0.2) is 22.6 Å². The van der Waals surface area contributed by atoms with Crippen LogP contribution in [0.4, 0.5) is 0 Å². The Morgan fingerprint density at radius 3 is 2.62 bits per heavy atom. The fourth-order valence-electron chi connectivity index (χ4n) is 1.43. The summed E-state index contributed by atoms with van der Waals surface area (Å²) in [5.74, 6) is -1.36. The number of guanidine groups is 1. The SMILES string of the molecule is C=CCC1(NC(C)=O)C(=O)N=C(N)N=C1N. The molecule has 1 heterocycles. The second-order valence-electron chi connectivity index (χ2n) is 3.35. The molecule has 0 bridgehead atoms. The van der Waals surface area contributed by atoms with Crippen LogP contribution >= 0.6 is 0 Å². The van der Waals surface area contributed by atoms with Gasteiger partial charge in [0.2, 0.25) is 11.9 Å². The van der Waals surface area contributed by atoms with E-state index in [4.69, 9.17) is 11.5 Å². The summed E-state index contributed by atoms with van der Waals surface area (Å²) in [5.41, 5.74) is 9.47. The predicted octanol–water partition coefficient (Wildman–Crippen LogP) is -1.35. The van der Waals surface area contributed by atoms with Gasteiger partial charge in [-0.2, -0.15) is 9.98 Å². The van der Waals surface area contributed by atoms with Crippen molar-refractivity contribution in [2.24, 2.45) is 21.5 Å². The van der Waals surface area contributed by atoms with Gasteiger partial charge in [0.1, 0.15) is 5.84 Å². The molecular weight excluding hydrogens is 210 g/mol. The van der Waals surface area contributed by atoms with Crippen LogP contribution in [0.3, 0.4) is 0 Å². The molecule has 16 heavy (non-hydrogen) atoms. The van der Waals surface area contributed by atoms with E-state index in [0.717, 1.165) is 0 Å². The van der Waals surface area contributed by atoms with E-state index in [0.29, 0.717) is 0 Å². The average molecular weight is 223 g/mol. The second kappa shape index (κ2) is 4.13. The number of rotatable bonds is 3. The Kier molecular flexibility index (Phi) is 3.07. The van der Waals surface area contributed by atoms with Gasteiger partial charge in [0.15, 0.2) is 5.54 Å². The fourth-order valence-corrected chi connectivity index (χ4v) is 1.43. The number of carbonyl (C=O) groups excluding carboxylic acids is 2. The molecule has 0 saturated carbocycles. The highest BCUT2D eigenvalue weighted by Gasteiger charge is 2.44. The maximum Gasteiger partial charge on any atom is 0.282 e. The number of hydrogen-bond donors (Lipinski definition) is 3. The summed E-state index contributed by atoms with van der Waals surface area (Å²) in [6.45, 7) is 4.77. The molecule has 1 atom stereocenters. The van der Waals surface area contributed by atoms with Crippen molar-refractivity contribution in [1.82, 2.24) is 5.32 Å². The first-order chi connectivity index (χ1) is 7.42. The van der Waals surface area contributed by atoms with E-state index in [1.54, 1.807) is 0 Å². The molecule has 5 N–H and O–H groups in total. The van der Waals surface area contributed by atoms with Gasteiger partial charge in [-0.25, -0.2) is 0 Å². The Morgan fingerprint density at radius 1 is 1.56 bits per heavy atom. The Balaban J connectivity index is 3.20. The Bertz CT molecular complexity index is 412. The van der Waals surface area contributed by atoms with Gasteiger partial charge in [-0.15, -0.1) is 6.58 Å². The fraction of sp³-hybridized carbons (Fsp3) is 0.333. The molecule has 7 heteroatoms. The average Bonchev–Trinajstić information content (AvgIpc) is 2.13. The number of amides is 2. The van der Waals surface area contributed by atoms with Gasteiger partial charge in [0.05, 0.1) is 0 Å². The molecule has 0 aromatic heterocycles. The van der Waals surface area contributed by atoms with Gasteiger partial charge in [-0.1, -0.05) is 6.08 Å². The smallest absolute Gasteiger partial charge is 0.282 e. The minimum atomic E-state index is -1.45. The molecule has 0 fully saturated rings. The number of nitrogens with one attached hydrogen (secondary N) is 1. The number of aliphatic imine (C=N–C) groups is 2. The molecule has 0 aromatic carbocycles. The van der Waals surface area contributed by atoms with Crippen molar-refractivity contribution in [2.75, 3.05) is 0 Å². The van der Waals surface area contributed by atoms with Crippen molar-refractivity contribution in [2.45, 2.75) is 18.9 Å². The molecule has 86 valence electrons. The molecule has 0 spiro atoms. The van der Waals surface area contributed by atoms with Crippen LogP contribution < -0.4 is 16.8 Å². The lowest BCUT2D eigenvalue weighted by atomic mass is 9.91. The topological polar surface area (TPSA) is 123 Å². The van der Waals surface area contributed by atoms with Crippen molar-refractivity contribution in [1.29, 1.82) is 0 Å². The molecule has 2 amide bonds. The lowest BCUT2D eigenvalue weighted by molar-refractivity contribution is -0.128. The summed E-state index contributed by atoms with van der Waals surface area (Å²) >= 11 is 0. The van der Waals surface area contributed by atoms with Crippen molar-refractivity contribution in [3.63, 3.8) is 0 Å². The van der Waals surface area contributed by atoms with Crippen LogP contribution in [0.25, 0.3) is 0 Å². The standard InChI is InChI=1S/C9H13N5O2/c1-3-4-9(14-5(2)15)6(10)12-8(11)13-7(9)16/h3H,1,4H2,2H3,(H,14,15)(H4,10,11,12,13,16). The Hall–Kier alpha value is -2.18. The molecule has 0 aliphatic carbocycles. The van der Waals surface area contributed by atoms with Crippen LogP contribution in [-0.2, 0) is 9.59 Å². The summed E-state index contributed by atoms with van der Waals surface area (Å²) in [6, 6.07) is 0. The summed E-state index contributed by atoms with van der Waals surface area (Å²) < 4.78 is 0. The van der Waals surface area contributed by atoms with Crippen molar-refractivity contribution < 1.29 is 9.59 Å². The third-order valence-corrected chi connectivity index (χ3v) is 2.09. The number of hydrogen-bond acceptors (Lipinski definition) is 5. The van der Waals surface area contributed by atoms with Gasteiger partial charge in [-0.05, 0) is 0 Å². The van der Waals surface area contributed by atoms with Gasteiger partial charge in [0.25, 0.3) is 5.91 Å². The maximum absolute atomic E-state index is 11.8. The Labute approximate surface area is 92.3 Å². The summed E-state index contributed by atoms with van der Waals surface area (Å²) in [6.07, 6.45) is 1.56. The Morgan fingerprint density at radius 2 is 2.19 bits per heavy atom. The zero-order valence-electron chi connectivity index (χ0n) is 8.86. The zero-order chi connectivity index (χ0) is 12.3. The van der Waals surface area contributed by atoms with E-state index in [1.807, 2.05) is 0 Å². The van der Waals surface area contributed by atoms with Crippen molar-refractivity contribution in [3.8, 4) is 0 Å². The van der Waals surface area contributed by atoms with Crippen LogP contribution in [0, 0.1) is 0 Å². The highest BCUT2D eigenvalue weighted by atomic mass is 16.2. The van der Waals surface area contributed by atoms with Crippen LogP contribution in [0.2, 0.25) is 0 Å². The number of nitrogens with zero attached hydrogens (tertiary/aromatic N) is 2. The van der Waals surface area contributed by atoms with Crippen molar-refractivity contribution >= 4 is 23.6 Å². The quantitative estimate of drug-likeness (QED) is 0.512. The molecule has 1 rings (SSSR count). The molecule has 1 aliphatic heterocycles. The van der Waals surface area contributed by atoms with Gasteiger partial charge >= 0.3 is 0 Å². The number of carbonyl (C=O) groups is 2. The van der Waals surface area contributed by atoms with Crippen molar-refractivity contribution in [3.05, 3.63) is 12.7 Å². The van der Waals surface area contributed by atoms with E-state index in [2.05, 4.69) is 21.9 Å². The van der Waals surface area contributed by atoms with E-state index in [9.17, 15) is 9.59 Å². The van der Waals surface area contributed by atoms with Gasteiger partial charge < -0.3 is 16.8 Å². The van der Waals surface area contributed by atoms with Crippen LogP contribution in [0.5, 0.6) is 0 Å². The number of nitrogens with two attached hydrogens (primary N) is 2. The van der Waals surface area contributed by atoms with Gasteiger partial charge in [0, 0.05) is 13.3 Å².